The highest BCUT2D eigenvalue weighted by atomic mass is 35.5. The van der Waals surface area contributed by atoms with Crippen LogP contribution in [0.4, 0.5) is 0 Å². The molecule has 2 aromatic rings. The van der Waals surface area contributed by atoms with Gasteiger partial charge in [-0.25, -0.2) is 0 Å². The lowest BCUT2D eigenvalue weighted by Gasteiger charge is -2.38. The van der Waals surface area contributed by atoms with E-state index in [4.69, 9.17) is 16.3 Å². The maximum absolute atomic E-state index is 13.4. The monoisotopic (exact) mass is 547 g/mol. The standard InChI is InChI=1S/C29H38ClN3O3.ClH/c1-21(2)27(34)31-26(23-5-4-6-24(30)19-23)11-15-32-16-12-29(13-17-32)14-18-33(28(29)35)20-22-7-9-25(36-3)10-8-22;/h4-10,19,21,26H,11-18,20H2,1-3H3,(H,31,34);1H. The molecule has 4 rings (SSSR count). The highest BCUT2D eigenvalue weighted by Crippen LogP contribution is 2.42. The van der Waals surface area contributed by atoms with Gasteiger partial charge in [0.1, 0.15) is 5.75 Å². The number of carbonyl (C=O) groups is 2. The van der Waals surface area contributed by atoms with Crippen LogP contribution in [-0.4, -0.2) is 54.9 Å². The van der Waals surface area contributed by atoms with E-state index in [2.05, 4.69) is 10.2 Å². The molecule has 1 N–H and O–H groups in total. The average Bonchev–Trinajstić information content (AvgIpc) is 3.17. The number of rotatable bonds is 9. The number of nitrogens with one attached hydrogen (secondary N) is 1. The van der Waals surface area contributed by atoms with Gasteiger partial charge in [-0.1, -0.05) is 49.7 Å². The van der Waals surface area contributed by atoms with Crippen LogP contribution in [0, 0.1) is 11.3 Å². The van der Waals surface area contributed by atoms with Gasteiger partial charge in [0, 0.05) is 30.6 Å². The van der Waals surface area contributed by atoms with Gasteiger partial charge < -0.3 is 19.9 Å². The van der Waals surface area contributed by atoms with E-state index < -0.39 is 0 Å². The Morgan fingerprint density at radius 3 is 2.38 bits per heavy atom. The van der Waals surface area contributed by atoms with E-state index in [1.165, 1.54) is 0 Å². The molecule has 0 bridgehead atoms. The Bertz CT molecular complexity index is 1050. The Morgan fingerprint density at radius 2 is 1.76 bits per heavy atom. The molecule has 1 atom stereocenters. The number of hydrogen-bond donors (Lipinski definition) is 1. The molecule has 202 valence electrons. The van der Waals surface area contributed by atoms with Gasteiger partial charge in [0.25, 0.3) is 0 Å². The smallest absolute Gasteiger partial charge is 0.229 e. The third kappa shape index (κ3) is 7.18. The summed E-state index contributed by atoms with van der Waals surface area (Å²) in [6.45, 7) is 7.98. The predicted octanol–water partition coefficient (Wildman–Crippen LogP) is 5.49. The maximum Gasteiger partial charge on any atom is 0.229 e. The zero-order valence-electron chi connectivity index (χ0n) is 22.0. The van der Waals surface area contributed by atoms with Gasteiger partial charge in [0.15, 0.2) is 0 Å². The Kier molecular flexibility index (Phi) is 10.3. The van der Waals surface area contributed by atoms with Crippen molar-refractivity contribution in [2.75, 3.05) is 33.3 Å². The lowest BCUT2D eigenvalue weighted by molar-refractivity contribution is -0.139. The number of methoxy groups -OCH3 is 1. The lowest BCUT2D eigenvalue weighted by atomic mass is 9.77. The zero-order chi connectivity index (χ0) is 25.7. The van der Waals surface area contributed by atoms with E-state index in [9.17, 15) is 9.59 Å². The summed E-state index contributed by atoms with van der Waals surface area (Å²) in [5.74, 6) is 1.11. The molecule has 0 aliphatic carbocycles. The summed E-state index contributed by atoms with van der Waals surface area (Å²) in [7, 11) is 1.66. The number of ether oxygens (including phenoxy) is 1. The van der Waals surface area contributed by atoms with Crippen molar-refractivity contribution >= 4 is 35.8 Å². The molecule has 2 amide bonds. The second kappa shape index (κ2) is 13.0. The van der Waals surface area contributed by atoms with E-state index in [1.54, 1.807) is 7.11 Å². The molecule has 1 unspecified atom stereocenters. The molecule has 8 heteroatoms. The number of carbonyl (C=O) groups excluding carboxylic acids is 2. The van der Waals surface area contributed by atoms with Crippen molar-refractivity contribution in [2.24, 2.45) is 11.3 Å². The minimum atomic E-state index is -0.221. The van der Waals surface area contributed by atoms with E-state index in [0.29, 0.717) is 17.5 Å². The largest absolute Gasteiger partial charge is 0.497 e. The zero-order valence-corrected chi connectivity index (χ0v) is 23.6. The molecule has 1 spiro atoms. The van der Waals surface area contributed by atoms with Crippen LogP contribution in [0.1, 0.15) is 56.7 Å². The normalized spacial score (nSPS) is 18.1. The van der Waals surface area contributed by atoms with Crippen molar-refractivity contribution in [2.45, 2.75) is 52.1 Å². The highest BCUT2D eigenvalue weighted by Gasteiger charge is 2.47. The summed E-state index contributed by atoms with van der Waals surface area (Å²) in [5.41, 5.74) is 1.94. The van der Waals surface area contributed by atoms with Crippen LogP contribution in [0.2, 0.25) is 5.02 Å². The van der Waals surface area contributed by atoms with Crippen LogP contribution in [0.25, 0.3) is 0 Å². The first kappa shape index (κ1) is 29.3. The van der Waals surface area contributed by atoms with E-state index in [1.807, 2.05) is 67.3 Å². The average molecular weight is 549 g/mol. The van der Waals surface area contributed by atoms with Gasteiger partial charge in [-0.3, -0.25) is 9.59 Å². The third-order valence-corrected chi connectivity index (χ3v) is 8.01. The molecule has 2 aliphatic rings. The van der Waals surface area contributed by atoms with Crippen LogP contribution in [0.3, 0.4) is 0 Å². The number of halogens is 2. The lowest BCUT2D eigenvalue weighted by Crippen LogP contribution is -2.45. The second-order valence-electron chi connectivity index (χ2n) is 10.5. The van der Waals surface area contributed by atoms with Crippen LogP contribution in [-0.2, 0) is 16.1 Å². The van der Waals surface area contributed by atoms with Crippen molar-refractivity contribution in [1.29, 1.82) is 0 Å². The topological polar surface area (TPSA) is 61.9 Å². The van der Waals surface area contributed by atoms with E-state index in [-0.39, 0.29) is 35.7 Å². The first-order chi connectivity index (χ1) is 17.3. The molecule has 6 nitrogen and oxygen atoms in total. The fourth-order valence-electron chi connectivity index (χ4n) is 5.36. The number of benzene rings is 2. The van der Waals surface area contributed by atoms with Gasteiger partial charge in [0.05, 0.1) is 18.6 Å². The fourth-order valence-corrected chi connectivity index (χ4v) is 5.56. The van der Waals surface area contributed by atoms with Crippen molar-refractivity contribution in [3.8, 4) is 5.75 Å². The molecule has 2 heterocycles. The van der Waals surface area contributed by atoms with Gasteiger partial charge in [0.2, 0.25) is 11.8 Å². The Balaban J connectivity index is 0.00000380. The summed E-state index contributed by atoms with van der Waals surface area (Å²) in [6.07, 6.45) is 3.53. The summed E-state index contributed by atoms with van der Waals surface area (Å²) < 4.78 is 5.24. The molecule has 0 radical (unpaired) electrons. The Labute approximate surface area is 232 Å². The second-order valence-corrected chi connectivity index (χ2v) is 10.9. The maximum atomic E-state index is 13.4. The molecular weight excluding hydrogens is 509 g/mol. The SMILES string of the molecule is COc1ccc(CN2CCC3(CCN(CCC(NC(=O)C(C)C)c4cccc(Cl)c4)CC3)C2=O)cc1.Cl. The van der Waals surface area contributed by atoms with Gasteiger partial charge >= 0.3 is 0 Å². The number of amides is 2. The van der Waals surface area contributed by atoms with Crippen LogP contribution in [0.5, 0.6) is 5.75 Å². The molecule has 2 fully saturated rings. The first-order valence-electron chi connectivity index (χ1n) is 13.0. The van der Waals surface area contributed by atoms with Gasteiger partial charge in [-0.05, 0) is 74.2 Å². The minimum Gasteiger partial charge on any atom is -0.497 e. The number of piperidine rings is 1. The molecule has 2 aliphatic heterocycles. The minimum absolute atomic E-state index is 0. The molecule has 2 saturated heterocycles. The third-order valence-electron chi connectivity index (χ3n) is 7.77. The summed E-state index contributed by atoms with van der Waals surface area (Å²) in [6, 6.07) is 15.6. The number of likely N-dealkylation sites (tertiary alicyclic amines) is 2. The highest BCUT2D eigenvalue weighted by molar-refractivity contribution is 6.30. The van der Waals surface area contributed by atoms with Crippen molar-refractivity contribution < 1.29 is 14.3 Å². The van der Waals surface area contributed by atoms with E-state index in [0.717, 1.165) is 68.7 Å². The summed E-state index contributed by atoms with van der Waals surface area (Å²) in [4.78, 5) is 30.3. The van der Waals surface area contributed by atoms with Crippen molar-refractivity contribution in [1.82, 2.24) is 15.1 Å². The Hall–Kier alpha value is -2.28. The van der Waals surface area contributed by atoms with Crippen LogP contribution in [0.15, 0.2) is 48.5 Å². The quantitative estimate of drug-likeness (QED) is 0.451. The first-order valence-corrected chi connectivity index (χ1v) is 13.4. The molecule has 0 saturated carbocycles. The molecular formula is C29H39Cl2N3O3. The van der Waals surface area contributed by atoms with E-state index >= 15 is 0 Å². The molecule has 37 heavy (non-hydrogen) atoms. The number of nitrogens with zero attached hydrogens (tertiary/aromatic N) is 2. The van der Waals surface area contributed by atoms with Crippen LogP contribution >= 0.6 is 24.0 Å². The van der Waals surface area contributed by atoms with Gasteiger partial charge in [-0.15, -0.1) is 12.4 Å². The fraction of sp³-hybridized carbons (Fsp3) is 0.517. The Morgan fingerprint density at radius 1 is 1.08 bits per heavy atom. The van der Waals surface area contributed by atoms with Crippen molar-refractivity contribution in [3.05, 3.63) is 64.7 Å². The summed E-state index contributed by atoms with van der Waals surface area (Å²) >= 11 is 6.23. The van der Waals surface area contributed by atoms with Crippen LogP contribution < -0.4 is 10.1 Å². The predicted molar refractivity (Wildman–Crippen MR) is 150 cm³/mol. The molecule has 2 aromatic carbocycles. The van der Waals surface area contributed by atoms with Gasteiger partial charge in [-0.2, -0.15) is 0 Å². The number of hydrogen-bond acceptors (Lipinski definition) is 4. The van der Waals surface area contributed by atoms with Crippen molar-refractivity contribution in [3.63, 3.8) is 0 Å². The molecule has 0 aromatic heterocycles. The summed E-state index contributed by atoms with van der Waals surface area (Å²) in [5, 5.41) is 3.87.